The molecule has 1 aliphatic rings. The van der Waals surface area contributed by atoms with Gasteiger partial charge in [-0.15, -0.1) is 0 Å². The Morgan fingerprint density at radius 2 is 1.32 bits per heavy atom. The van der Waals surface area contributed by atoms with Crippen molar-refractivity contribution in [2.45, 2.75) is 78.9 Å². The molecule has 2 heteroatoms. The Bertz CT molecular complexity index is 440. The largest absolute Gasteiger partial charge is 0.457 e. The molecule has 0 N–H and O–H groups in total. The molecule has 0 spiro atoms. The molecular weight excluding hydrogens is 272 g/mol. The summed E-state index contributed by atoms with van der Waals surface area (Å²) in [6.07, 6.45) is 16.7. The Morgan fingerprint density at radius 1 is 0.818 bits per heavy atom. The van der Waals surface area contributed by atoms with Crippen molar-refractivity contribution in [3.63, 3.8) is 0 Å². The summed E-state index contributed by atoms with van der Waals surface area (Å²) in [5.74, 6) is -0.460. The minimum absolute atomic E-state index is 0.460. The molecule has 1 aliphatic heterocycles. The van der Waals surface area contributed by atoms with Crippen LogP contribution in [-0.2, 0) is 9.47 Å². The lowest BCUT2D eigenvalue weighted by Gasteiger charge is -2.22. The summed E-state index contributed by atoms with van der Waals surface area (Å²) >= 11 is 0. The van der Waals surface area contributed by atoms with Gasteiger partial charge in [0.05, 0.1) is 0 Å². The van der Waals surface area contributed by atoms with E-state index in [1.807, 2.05) is 6.92 Å². The minimum atomic E-state index is -0.460. The lowest BCUT2D eigenvalue weighted by molar-refractivity contribution is -0.129. The molecule has 0 aliphatic carbocycles. The van der Waals surface area contributed by atoms with Crippen LogP contribution in [0.3, 0.4) is 0 Å². The Labute approximate surface area is 136 Å². The van der Waals surface area contributed by atoms with Crippen molar-refractivity contribution in [2.24, 2.45) is 0 Å². The van der Waals surface area contributed by atoms with E-state index < -0.39 is 5.79 Å². The second-order valence-corrected chi connectivity index (χ2v) is 6.64. The molecule has 0 radical (unpaired) electrons. The van der Waals surface area contributed by atoms with E-state index in [0.717, 1.165) is 32.1 Å². The van der Waals surface area contributed by atoms with Gasteiger partial charge in [0.15, 0.2) is 0 Å². The topological polar surface area (TPSA) is 18.5 Å². The van der Waals surface area contributed by atoms with Crippen molar-refractivity contribution >= 4 is 0 Å². The minimum Gasteiger partial charge on any atom is -0.457 e. The third-order valence-electron chi connectivity index (χ3n) is 3.90. The molecule has 0 aromatic carbocycles. The van der Waals surface area contributed by atoms with Crippen LogP contribution in [0.25, 0.3) is 0 Å². The van der Waals surface area contributed by atoms with Gasteiger partial charge in [-0.1, -0.05) is 34.9 Å². The zero-order chi connectivity index (χ0) is 16.4. The summed E-state index contributed by atoms with van der Waals surface area (Å²) < 4.78 is 10.9. The molecule has 0 saturated heterocycles. The van der Waals surface area contributed by atoms with E-state index in [1.165, 1.54) is 23.1 Å². The van der Waals surface area contributed by atoms with Gasteiger partial charge in [-0.3, -0.25) is 0 Å². The van der Waals surface area contributed by atoms with E-state index in [0.29, 0.717) is 0 Å². The molecule has 0 saturated carbocycles. The highest BCUT2D eigenvalue weighted by atomic mass is 16.7. The lowest BCUT2D eigenvalue weighted by atomic mass is 10.0. The average Bonchev–Trinajstić information content (AvgIpc) is 2.85. The van der Waals surface area contributed by atoms with E-state index in [1.54, 1.807) is 12.5 Å². The van der Waals surface area contributed by atoms with Gasteiger partial charge in [0.1, 0.15) is 12.5 Å². The van der Waals surface area contributed by atoms with Gasteiger partial charge in [-0.2, -0.15) is 0 Å². The summed E-state index contributed by atoms with van der Waals surface area (Å²) in [7, 11) is 0. The van der Waals surface area contributed by atoms with Gasteiger partial charge in [0.2, 0.25) is 5.79 Å². The zero-order valence-corrected chi connectivity index (χ0v) is 14.9. The Kier molecular flexibility index (Phi) is 8.08. The van der Waals surface area contributed by atoms with Crippen LogP contribution in [0.1, 0.15) is 73.1 Å². The molecule has 1 heterocycles. The van der Waals surface area contributed by atoms with Crippen molar-refractivity contribution < 1.29 is 9.47 Å². The first-order chi connectivity index (χ1) is 10.4. The third-order valence-corrected chi connectivity index (χ3v) is 3.90. The van der Waals surface area contributed by atoms with Gasteiger partial charge in [0.25, 0.3) is 0 Å². The predicted molar refractivity (Wildman–Crippen MR) is 94.4 cm³/mol. The maximum Gasteiger partial charge on any atom is 0.247 e. The molecule has 124 valence electrons. The van der Waals surface area contributed by atoms with E-state index in [9.17, 15) is 0 Å². The number of hydrogen-bond donors (Lipinski definition) is 0. The molecule has 0 bridgehead atoms. The van der Waals surface area contributed by atoms with Crippen molar-refractivity contribution in [1.29, 1.82) is 0 Å². The molecule has 2 nitrogen and oxygen atoms in total. The zero-order valence-electron chi connectivity index (χ0n) is 14.9. The first-order valence-corrected chi connectivity index (χ1v) is 8.36. The van der Waals surface area contributed by atoms with Crippen LogP contribution in [0.5, 0.6) is 0 Å². The molecule has 0 fully saturated rings. The standard InChI is InChI=1S/C20H32O2/c1-17(2)9-6-10-18(3)11-7-12-19(4)13-8-14-20(5)21-15-16-22-20/h9,11,13,15-16H,6-8,10,12,14H2,1-5H3. The van der Waals surface area contributed by atoms with Crippen LogP contribution in [0.4, 0.5) is 0 Å². The highest BCUT2D eigenvalue weighted by Crippen LogP contribution is 2.25. The van der Waals surface area contributed by atoms with Crippen LogP contribution < -0.4 is 0 Å². The fourth-order valence-corrected chi connectivity index (χ4v) is 2.41. The maximum atomic E-state index is 5.44. The van der Waals surface area contributed by atoms with Crippen molar-refractivity contribution in [3.05, 3.63) is 47.5 Å². The number of allylic oxidation sites excluding steroid dienone is 6. The predicted octanol–water partition coefficient (Wildman–Crippen LogP) is 6.42. The van der Waals surface area contributed by atoms with E-state index in [2.05, 4.69) is 45.9 Å². The number of ether oxygens (including phenoxy) is 2. The molecule has 1 rings (SSSR count). The summed E-state index contributed by atoms with van der Waals surface area (Å²) in [6, 6.07) is 0. The van der Waals surface area contributed by atoms with Gasteiger partial charge in [-0.25, -0.2) is 0 Å². The van der Waals surface area contributed by atoms with Crippen molar-refractivity contribution in [1.82, 2.24) is 0 Å². The molecule has 0 aromatic rings. The van der Waals surface area contributed by atoms with Gasteiger partial charge >= 0.3 is 0 Å². The van der Waals surface area contributed by atoms with Crippen LogP contribution in [0, 0.1) is 0 Å². The monoisotopic (exact) mass is 304 g/mol. The van der Waals surface area contributed by atoms with E-state index in [4.69, 9.17) is 9.47 Å². The third kappa shape index (κ3) is 8.11. The molecule has 0 atom stereocenters. The average molecular weight is 304 g/mol. The van der Waals surface area contributed by atoms with E-state index >= 15 is 0 Å². The maximum absolute atomic E-state index is 5.44. The van der Waals surface area contributed by atoms with Gasteiger partial charge < -0.3 is 9.47 Å². The lowest BCUT2D eigenvalue weighted by Crippen LogP contribution is -2.24. The SMILES string of the molecule is CC(C)=CCCC(C)=CCCC(C)=CCCC1(C)OC=CO1. The Morgan fingerprint density at radius 3 is 1.86 bits per heavy atom. The quantitative estimate of drug-likeness (QED) is 0.457. The second-order valence-electron chi connectivity index (χ2n) is 6.64. The Balaban J connectivity index is 2.20. The number of hydrogen-bond acceptors (Lipinski definition) is 2. The van der Waals surface area contributed by atoms with Crippen LogP contribution in [0.15, 0.2) is 47.5 Å². The smallest absolute Gasteiger partial charge is 0.247 e. The van der Waals surface area contributed by atoms with Crippen molar-refractivity contribution in [3.8, 4) is 0 Å². The molecule has 0 amide bonds. The summed E-state index contributed by atoms with van der Waals surface area (Å²) in [4.78, 5) is 0. The van der Waals surface area contributed by atoms with Gasteiger partial charge in [-0.05, 0) is 59.8 Å². The fourth-order valence-electron chi connectivity index (χ4n) is 2.41. The summed E-state index contributed by atoms with van der Waals surface area (Å²) in [5, 5.41) is 0. The van der Waals surface area contributed by atoms with Crippen LogP contribution in [-0.4, -0.2) is 5.79 Å². The molecule has 0 unspecified atom stereocenters. The number of rotatable bonds is 9. The molecule has 22 heavy (non-hydrogen) atoms. The first-order valence-electron chi connectivity index (χ1n) is 8.36. The van der Waals surface area contributed by atoms with Crippen LogP contribution in [0.2, 0.25) is 0 Å². The highest BCUT2D eigenvalue weighted by molar-refractivity contribution is 5.05. The Hall–Kier alpha value is -1.44. The van der Waals surface area contributed by atoms with Gasteiger partial charge in [0, 0.05) is 13.3 Å². The molecular formula is C20H32O2. The summed E-state index contributed by atoms with van der Waals surface area (Å²) in [6.45, 7) is 10.7. The fraction of sp³-hybridized carbons (Fsp3) is 0.600. The van der Waals surface area contributed by atoms with E-state index in [-0.39, 0.29) is 0 Å². The van der Waals surface area contributed by atoms with Crippen LogP contribution >= 0.6 is 0 Å². The second kappa shape index (κ2) is 9.55. The van der Waals surface area contributed by atoms with Crippen molar-refractivity contribution in [2.75, 3.05) is 0 Å². The first kappa shape index (κ1) is 18.6. The normalized spacial score (nSPS) is 17.1. The highest BCUT2D eigenvalue weighted by Gasteiger charge is 2.27. The summed E-state index contributed by atoms with van der Waals surface area (Å²) in [5.41, 5.74) is 4.35. The molecule has 0 aromatic heterocycles.